The monoisotopic (exact) mass is 381 g/mol. The molecule has 0 aromatic heterocycles. The number of halogens is 2. The van der Waals surface area contributed by atoms with Crippen molar-refractivity contribution in [1.29, 1.82) is 0 Å². The first kappa shape index (κ1) is 22.8. The van der Waals surface area contributed by atoms with Crippen molar-refractivity contribution in [2.75, 3.05) is 11.9 Å². The van der Waals surface area contributed by atoms with Gasteiger partial charge in [0.15, 0.2) is 0 Å². The number of nitrogens with two attached hydrogens (primary N) is 1. The molecular formula is C15H25ClFN3O3S. The van der Waals surface area contributed by atoms with Gasteiger partial charge in [0.25, 0.3) is 0 Å². The van der Waals surface area contributed by atoms with Gasteiger partial charge in [-0.25, -0.2) is 17.5 Å². The Balaban J connectivity index is 0.00000529. The fraction of sp³-hybridized carbons (Fsp3) is 0.533. The number of carbonyl (C=O) groups excluding carboxylic acids is 1. The standard InChI is InChI=1S/C15H24FN3O3S.ClH/c1-10(2)8-15(4,9-17)19-23(21,22)12-5-6-13(16)14(7-12)18-11(3)20;/h5-7,10,19H,8-9,17H2,1-4H3,(H,18,20);1H. The van der Waals surface area contributed by atoms with Crippen molar-refractivity contribution in [3.8, 4) is 0 Å². The number of nitrogens with one attached hydrogen (secondary N) is 2. The molecule has 0 spiro atoms. The molecule has 24 heavy (non-hydrogen) atoms. The number of hydrogen-bond acceptors (Lipinski definition) is 4. The minimum Gasteiger partial charge on any atom is -0.329 e. The van der Waals surface area contributed by atoms with Crippen LogP contribution < -0.4 is 15.8 Å². The van der Waals surface area contributed by atoms with Crippen LogP contribution >= 0.6 is 12.4 Å². The second kappa shape index (κ2) is 8.75. The summed E-state index contributed by atoms with van der Waals surface area (Å²) in [6, 6.07) is 3.24. The summed E-state index contributed by atoms with van der Waals surface area (Å²) in [6.07, 6.45) is 0.558. The topological polar surface area (TPSA) is 101 Å². The largest absolute Gasteiger partial charge is 0.329 e. The Bertz CT molecular complexity index is 683. The van der Waals surface area contributed by atoms with E-state index < -0.39 is 27.3 Å². The molecule has 1 unspecified atom stereocenters. The van der Waals surface area contributed by atoms with E-state index in [0.717, 1.165) is 18.2 Å². The van der Waals surface area contributed by atoms with Crippen LogP contribution in [0.15, 0.2) is 23.1 Å². The van der Waals surface area contributed by atoms with E-state index >= 15 is 0 Å². The van der Waals surface area contributed by atoms with Crippen LogP contribution in [0, 0.1) is 11.7 Å². The van der Waals surface area contributed by atoms with E-state index in [2.05, 4.69) is 10.0 Å². The van der Waals surface area contributed by atoms with E-state index in [4.69, 9.17) is 5.73 Å². The average molecular weight is 382 g/mol. The van der Waals surface area contributed by atoms with Gasteiger partial charge in [-0.3, -0.25) is 4.79 Å². The summed E-state index contributed by atoms with van der Waals surface area (Å²) in [5.74, 6) is -0.949. The summed E-state index contributed by atoms with van der Waals surface area (Å²) in [4.78, 5) is 10.9. The molecule has 1 aromatic rings. The first-order valence-electron chi connectivity index (χ1n) is 7.30. The molecule has 4 N–H and O–H groups in total. The molecule has 1 aromatic carbocycles. The molecule has 138 valence electrons. The van der Waals surface area contributed by atoms with Gasteiger partial charge in [0.05, 0.1) is 10.6 Å². The van der Waals surface area contributed by atoms with Crippen molar-refractivity contribution in [1.82, 2.24) is 4.72 Å². The first-order valence-corrected chi connectivity index (χ1v) is 8.78. The van der Waals surface area contributed by atoms with Gasteiger partial charge in [0.1, 0.15) is 5.82 Å². The molecule has 0 bridgehead atoms. The van der Waals surface area contributed by atoms with E-state index in [0.29, 0.717) is 6.42 Å². The number of carbonyl (C=O) groups is 1. The molecule has 0 aliphatic heterocycles. The Morgan fingerprint density at radius 2 is 1.96 bits per heavy atom. The van der Waals surface area contributed by atoms with Gasteiger partial charge in [0.2, 0.25) is 15.9 Å². The summed E-state index contributed by atoms with van der Waals surface area (Å²) in [5.41, 5.74) is 4.72. The van der Waals surface area contributed by atoms with Gasteiger partial charge in [-0.1, -0.05) is 13.8 Å². The van der Waals surface area contributed by atoms with Crippen LogP contribution in [-0.2, 0) is 14.8 Å². The highest BCUT2D eigenvalue weighted by Crippen LogP contribution is 2.23. The zero-order chi connectivity index (χ0) is 17.8. The summed E-state index contributed by atoms with van der Waals surface area (Å²) < 4.78 is 41.3. The molecule has 1 atom stereocenters. The molecule has 0 fully saturated rings. The van der Waals surface area contributed by atoms with Crippen LogP contribution in [0.25, 0.3) is 0 Å². The van der Waals surface area contributed by atoms with Crippen molar-refractivity contribution in [3.05, 3.63) is 24.0 Å². The van der Waals surface area contributed by atoms with Crippen molar-refractivity contribution >= 4 is 34.0 Å². The quantitative estimate of drug-likeness (QED) is 0.674. The second-order valence-corrected chi connectivity index (χ2v) is 7.97. The number of sulfonamides is 1. The Morgan fingerprint density at radius 1 is 1.38 bits per heavy atom. The Kier molecular flexibility index (Phi) is 8.31. The Morgan fingerprint density at radius 3 is 2.42 bits per heavy atom. The van der Waals surface area contributed by atoms with Crippen molar-refractivity contribution in [3.63, 3.8) is 0 Å². The van der Waals surface area contributed by atoms with Crippen molar-refractivity contribution in [2.24, 2.45) is 11.7 Å². The second-order valence-electron chi connectivity index (χ2n) is 6.29. The highest BCUT2D eigenvalue weighted by Gasteiger charge is 2.30. The van der Waals surface area contributed by atoms with E-state index in [1.807, 2.05) is 13.8 Å². The highest BCUT2D eigenvalue weighted by molar-refractivity contribution is 7.89. The summed E-state index contributed by atoms with van der Waals surface area (Å²) in [7, 11) is -3.90. The molecule has 1 rings (SSSR count). The van der Waals surface area contributed by atoms with E-state index in [-0.39, 0.29) is 35.5 Å². The maximum absolute atomic E-state index is 13.6. The summed E-state index contributed by atoms with van der Waals surface area (Å²) >= 11 is 0. The van der Waals surface area contributed by atoms with Crippen LogP contribution in [0.4, 0.5) is 10.1 Å². The number of hydrogen-bond donors (Lipinski definition) is 3. The zero-order valence-electron chi connectivity index (χ0n) is 14.2. The fourth-order valence-corrected chi connectivity index (χ4v) is 3.86. The lowest BCUT2D eigenvalue weighted by Gasteiger charge is -2.30. The lowest BCUT2D eigenvalue weighted by Crippen LogP contribution is -2.52. The predicted molar refractivity (Wildman–Crippen MR) is 95.2 cm³/mol. The normalized spacial score (nSPS) is 14.0. The Labute approximate surface area is 148 Å². The van der Waals surface area contributed by atoms with Gasteiger partial charge < -0.3 is 11.1 Å². The third-order valence-electron chi connectivity index (χ3n) is 3.25. The molecule has 0 heterocycles. The summed E-state index contributed by atoms with van der Waals surface area (Å²) in [6.45, 7) is 7.00. The molecule has 0 saturated heterocycles. The fourth-order valence-electron chi connectivity index (χ4n) is 2.41. The zero-order valence-corrected chi connectivity index (χ0v) is 15.9. The molecule has 0 radical (unpaired) electrons. The smallest absolute Gasteiger partial charge is 0.241 e. The van der Waals surface area contributed by atoms with Crippen LogP contribution in [-0.4, -0.2) is 26.4 Å². The maximum Gasteiger partial charge on any atom is 0.241 e. The number of amides is 1. The third kappa shape index (κ3) is 6.35. The molecule has 0 aliphatic carbocycles. The van der Waals surface area contributed by atoms with Crippen molar-refractivity contribution < 1.29 is 17.6 Å². The predicted octanol–water partition coefficient (Wildman–Crippen LogP) is 2.25. The van der Waals surface area contributed by atoms with E-state index in [9.17, 15) is 17.6 Å². The SMILES string of the molecule is CC(=O)Nc1cc(S(=O)(=O)NC(C)(CN)CC(C)C)ccc1F.Cl. The minimum atomic E-state index is -3.90. The lowest BCUT2D eigenvalue weighted by atomic mass is 9.92. The molecule has 6 nitrogen and oxygen atoms in total. The van der Waals surface area contributed by atoms with Crippen LogP contribution in [0.1, 0.15) is 34.1 Å². The first-order chi connectivity index (χ1) is 10.5. The average Bonchev–Trinajstić information content (AvgIpc) is 2.39. The van der Waals surface area contributed by atoms with Gasteiger partial charge in [-0.15, -0.1) is 12.4 Å². The Hall–Kier alpha value is -1.22. The number of anilines is 1. The van der Waals surface area contributed by atoms with Crippen LogP contribution in [0.5, 0.6) is 0 Å². The highest BCUT2D eigenvalue weighted by atomic mass is 35.5. The van der Waals surface area contributed by atoms with Gasteiger partial charge in [-0.05, 0) is 37.5 Å². The number of benzene rings is 1. The maximum atomic E-state index is 13.6. The molecule has 1 amide bonds. The van der Waals surface area contributed by atoms with Crippen LogP contribution in [0.2, 0.25) is 0 Å². The molecule has 0 saturated carbocycles. The van der Waals surface area contributed by atoms with Gasteiger partial charge in [0, 0.05) is 19.0 Å². The van der Waals surface area contributed by atoms with Crippen molar-refractivity contribution in [2.45, 2.75) is 44.6 Å². The lowest BCUT2D eigenvalue weighted by molar-refractivity contribution is -0.114. The van der Waals surface area contributed by atoms with E-state index in [1.54, 1.807) is 6.92 Å². The molecular weight excluding hydrogens is 357 g/mol. The van der Waals surface area contributed by atoms with Gasteiger partial charge >= 0.3 is 0 Å². The molecule has 9 heteroatoms. The van der Waals surface area contributed by atoms with E-state index in [1.165, 1.54) is 6.92 Å². The van der Waals surface area contributed by atoms with Gasteiger partial charge in [-0.2, -0.15) is 0 Å². The minimum absolute atomic E-state index is 0. The summed E-state index contributed by atoms with van der Waals surface area (Å²) in [5, 5.41) is 2.26. The third-order valence-corrected chi connectivity index (χ3v) is 4.88. The van der Waals surface area contributed by atoms with Crippen LogP contribution in [0.3, 0.4) is 0 Å². The number of rotatable bonds is 7. The molecule has 0 aliphatic rings.